The number of rotatable bonds is 4. The SMILES string of the molecule is Cc1c(NC(=O)c2cn[nH]c2-c2c(F)cccc2F)cnn1C1CCCC1. The van der Waals surface area contributed by atoms with Gasteiger partial charge in [0, 0.05) is 0 Å². The van der Waals surface area contributed by atoms with Gasteiger partial charge in [0.1, 0.15) is 11.6 Å². The van der Waals surface area contributed by atoms with E-state index in [9.17, 15) is 13.6 Å². The standard InChI is InChI=1S/C19H19F2N5O/c1-11-16(10-23-26(11)12-5-2-3-6-12)24-19(27)13-9-22-25-18(13)17-14(20)7-4-8-15(17)21/h4,7-10,12H,2-3,5-6H2,1H3,(H,22,25)(H,24,27). The second kappa shape index (κ2) is 6.94. The molecule has 0 aliphatic heterocycles. The van der Waals surface area contributed by atoms with Crippen LogP contribution in [0.15, 0.2) is 30.6 Å². The summed E-state index contributed by atoms with van der Waals surface area (Å²) in [6, 6.07) is 3.89. The first kappa shape index (κ1) is 17.4. The third-order valence-corrected chi connectivity index (χ3v) is 5.06. The largest absolute Gasteiger partial charge is 0.319 e. The summed E-state index contributed by atoms with van der Waals surface area (Å²) in [6.45, 7) is 1.90. The van der Waals surface area contributed by atoms with Crippen LogP contribution in [0.2, 0.25) is 0 Å². The van der Waals surface area contributed by atoms with Gasteiger partial charge in [-0.25, -0.2) is 8.78 Å². The molecule has 3 aromatic rings. The van der Waals surface area contributed by atoms with Crippen molar-refractivity contribution in [1.29, 1.82) is 0 Å². The van der Waals surface area contributed by atoms with Crippen LogP contribution in [-0.4, -0.2) is 25.9 Å². The zero-order chi connectivity index (χ0) is 19.0. The van der Waals surface area contributed by atoms with E-state index in [1.54, 1.807) is 6.20 Å². The van der Waals surface area contributed by atoms with Gasteiger partial charge in [0.15, 0.2) is 0 Å². The van der Waals surface area contributed by atoms with Gasteiger partial charge in [-0.15, -0.1) is 0 Å². The van der Waals surface area contributed by atoms with Crippen LogP contribution in [0.4, 0.5) is 14.5 Å². The first-order valence-electron chi connectivity index (χ1n) is 8.89. The number of hydrogen-bond donors (Lipinski definition) is 2. The second-order valence-corrected chi connectivity index (χ2v) is 6.74. The molecule has 0 bridgehead atoms. The number of nitrogens with zero attached hydrogens (tertiary/aromatic N) is 3. The zero-order valence-electron chi connectivity index (χ0n) is 14.8. The number of amides is 1. The van der Waals surface area contributed by atoms with Crippen LogP contribution in [-0.2, 0) is 0 Å². The molecule has 2 aromatic heterocycles. The number of H-pyrrole nitrogens is 1. The Bertz CT molecular complexity index is 968. The van der Waals surface area contributed by atoms with Crippen molar-refractivity contribution in [1.82, 2.24) is 20.0 Å². The lowest BCUT2D eigenvalue weighted by Gasteiger charge is -2.13. The Kier molecular flexibility index (Phi) is 4.47. The van der Waals surface area contributed by atoms with Crippen molar-refractivity contribution in [3.8, 4) is 11.3 Å². The Balaban J connectivity index is 1.61. The third-order valence-electron chi connectivity index (χ3n) is 5.06. The average molecular weight is 371 g/mol. The van der Waals surface area contributed by atoms with Crippen LogP contribution in [0.5, 0.6) is 0 Å². The fourth-order valence-electron chi connectivity index (χ4n) is 3.64. The summed E-state index contributed by atoms with van der Waals surface area (Å²) in [5, 5.41) is 13.5. The maximum atomic E-state index is 14.1. The Morgan fingerprint density at radius 2 is 1.93 bits per heavy atom. The normalized spacial score (nSPS) is 14.6. The van der Waals surface area contributed by atoms with Gasteiger partial charge in [0.25, 0.3) is 5.91 Å². The number of anilines is 1. The molecular formula is C19H19F2N5O. The number of hydrogen-bond acceptors (Lipinski definition) is 3. The van der Waals surface area contributed by atoms with Gasteiger partial charge in [-0.1, -0.05) is 18.9 Å². The topological polar surface area (TPSA) is 75.6 Å². The summed E-state index contributed by atoms with van der Waals surface area (Å²) in [5.74, 6) is -2.03. The lowest BCUT2D eigenvalue weighted by atomic mass is 10.1. The van der Waals surface area contributed by atoms with E-state index in [0.717, 1.165) is 30.7 Å². The molecule has 0 spiro atoms. The van der Waals surface area contributed by atoms with Gasteiger partial charge in [-0.2, -0.15) is 10.2 Å². The van der Waals surface area contributed by atoms with E-state index in [-0.39, 0.29) is 16.8 Å². The highest BCUT2D eigenvalue weighted by Crippen LogP contribution is 2.32. The lowest BCUT2D eigenvalue weighted by Crippen LogP contribution is -2.14. The van der Waals surface area contributed by atoms with Crippen LogP contribution >= 0.6 is 0 Å². The van der Waals surface area contributed by atoms with Gasteiger partial charge >= 0.3 is 0 Å². The number of aromatic nitrogens is 4. The summed E-state index contributed by atoms with van der Waals surface area (Å²) in [6.07, 6.45) is 7.38. The molecule has 140 valence electrons. The van der Waals surface area contributed by atoms with Gasteiger partial charge in [-0.05, 0) is 31.9 Å². The van der Waals surface area contributed by atoms with Gasteiger partial charge in [-0.3, -0.25) is 14.6 Å². The van der Waals surface area contributed by atoms with E-state index in [0.29, 0.717) is 11.7 Å². The maximum absolute atomic E-state index is 14.1. The molecule has 0 atom stereocenters. The molecule has 2 heterocycles. The van der Waals surface area contributed by atoms with Crippen LogP contribution < -0.4 is 5.32 Å². The summed E-state index contributed by atoms with van der Waals surface area (Å²) in [7, 11) is 0. The van der Waals surface area contributed by atoms with E-state index in [4.69, 9.17) is 0 Å². The quantitative estimate of drug-likeness (QED) is 0.721. The lowest BCUT2D eigenvalue weighted by molar-refractivity contribution is 0.102. The molecule has 1 fully saturated rings. The van der Waals surface area contributed by atoms with Crippen molar-refractivity contribution < 1.29 is 13.6 Å². The van der Waals surface area contributed by atoms with Gasteiger partial charge < -0.3 is 5.32 Å². The third kappa shape index (κ3) is 3.11. The highest BCUT2D eigenvalue weighted by atomic mass is 19.1. The van der Waals surface area contributed by atoms with Crippen molar-refractivity contribution in [2.24, 2.45) is 0 Å². The molecule has 1 amide bonds. The summed E-state index contributed by atoms with van der Waals surface area (Å²) in [5.41, 5.74) is 1.19. The van der Waals surface area contributed by atoms with E-state index < -0.39 is 17.5 Å². The Morgan fingerprint density at radius 1 is 1.22 bits per heavy atom. The fourth-order valence-corrected chi connectivity index (χ4v) is 3.64. The maximum Gasteiger partial charge on any atom is 0.259 e. The van der Waals surface area contributed by atoms with Crippen LogP contribution in [0.1, 0.15) is 47.8 Å². The molecule has 2 N–H and O–H groups in total. The summed E-state index contributed by atoms with van der Waals surface area (Å²) < 4.78 is 30.1. The van der Waals surface area contributed by atoms with Crippen LogP contribution in [0.25, 0.3) is 11.3 Å². The molecule has 4 rings (SSSR count). The molecule has 1 aromatic carbocycles. The number of nitrogens with one attached hydrogen (secondary N) is 2. The highest BCUT2D eigenvalue weighted by Gasteiger charge is 2.24. The van der Waals surface area contributed by atoms with Gasteiger partial charge in [0.2, 0.25) is 0 Å². The number of aromatic amines is 1. The molecule has 1 aliphatic carbocycles. The van der Waals surface area contributed by atoms with Crippen LogP contribution in [0.3, 0.4) is 0 Å². The smallest absolute Gasteiger partial charge is 0.259 e. The molecular weight excluding hydrogens is 352 g/mol. The first-order chi connectivity index (χ1) is 13.1. The van der Waals surface area contributed by atoms with E-state index >= 15 is 0 Å². The Morgan fingerprint density at radius 3 is 2.63 bits per heavy atom. The minimum atomic E-state index is -0.765. The van der Waals surface area contributed by atoms with Crippen molar-refractivity contribution in [3.63, 3.8) is 0 Å². The highest BCUT2D eigenvalue weighted by molar-refractivity contribution is 6.08. The van der Waals surface area contributed by atoms with Crippen LogP contribution in [0, 0.1) is 18.6 Å². The summed E-state index contributed by atoms with van der Waals surface area (Å²) in [4.78, 5) is 12.7. The minimum absolute atomic E-state index is 0.00365. The Labute approximate surface area is 154 Å². The predicted molar refractivity (Wildman–Crippen MR) is 96.4 cm³/mol. The number of carbonyl (C=O) groups excluding carboxylic acids is 1. The number of carbonyl (C=O) groups is 1. The van der Waals surface area contributed by atoms with Crippen molar-refractivity contribution in [3.05, 3.63) is 53.5 Å². The van der Waals surface area contributed by atoms with Crippen molar-refractivity contribution in [2.75, 3.05) is 5.32 Å². The molecule has 0 radical (unpaired) electrons. The van der Waals surface area contributed by atoms with E-state index in [1.807, 2.05) is 11.6 Å². The molecule has 8 heteroatoms. The number of halogens is 2. The van der Waals surface area contributed by atoms with E-state index in [2.05, 4.69) is 20.6 Å². The molecule has 0 saturated heterocycles. The molecule has 1 saturated carbocycles. The van der Waals surface area contributed by atoms with E-state index in [1.165, 1.54) is 25.1 Å². The molecule has 0 unspecified atom stereocenters. The number of benzene rings is 1. The fraction of sp³-hybridized carbons (Fsp3) is 0.316. The molecule has 27 heavy (non-hydrogen) atoms. The molecule has 6 nitrogen and oxygen atoms in total. The summed E-state index contributed by atoms with van der Waals surface area (Å²) >= 11 is 0. The second-order valence-electron chi connectivity index (χ2n) is 6.74. The van der Waals surface area contributed by atoms with Crippen molar-refractivity contribution in [2.45, 2.75) is 38.6 Å². The average Bonchev–Trinajstić information content (AvgIpc) is 3.37. The Hall–Kier alpha value is -3.03. The first-order valence-corrected chi connectivity index (χ1v) is 8.89. The monoisotopic (exact) mass is 371 g/mol. The molecule has 1 aliphatic rings. The minimum Gasteiger partial charge on any atom is -0.319 e. The van der Waals surface area contributed by atoms with Gasteiger partial charge in [0.05, 0.1) is 46.6 Å². The van der Waals surface area contributed by atoms with Crippen molar-refractivity contribution >= 4 is 11.6 Å². The predicted octanol–water partition coefficient (Wildman–Crippen LogP) is 4.23. The zero-order valence-corrected chi connectivity index (χ0v) is 14.8.